The number of fused-ring (bicyclic) bond motifs is 4. The Labute approximate surface area is 404 Å². The van der Waals surface area contributed by atoms with Crippen LogP contribution in [0.3, 0.4) is 0 Å². The summed E-state index contributed by atoms with van der Waals surface area (Å²) >= 11 is 0. The zero-order valence-corrected chi connectivity index (χ0v) is 36.7. The number of furan rings is 1. The Morgan fingerprint density at radius 2 is 0.932 bits per heavy atom. The monoisotopic (exact) mass is 1020 g/mol. The third-order valence-electron chi connectivity index (χ3n) is 12.7. The fraction of sp³-hybridized carbons (Fsp3) is 0.277. The Kier molecular flexibility index (Phi) is 11.9. The van der Waals surface area contributed by atoms with E-state index in [1.807, 2.05) is 0 Å². The molecule has 0 bridgehead atoms. The molecule has 10 atom stereocenters. The first-order chi connectivity index (χ1) is 34.7. The molecule has 0 spiro atoms. The van der Waals surface area contributed by atoms with Crippen LogP contribution in [0.4, 0.5) is 0 Å². The van der Waals surface area contributed by atoms with Gasteiger partial charge in [0.25, 0.3) is 0 Å². The molecular weight excluding hydrogens is 980 g/mol. The molecule has 26 heteroatoms. The summed E-state index contributed by atoms with van der Waals surface area (Å²) in [6.45, 7) is -1.74. The SMILES string of the molecule is O=c1c(O)c(-c2cc(O)c3c(c2)C(c2ccco2)c2cc(-c4oc5c(O[C@@H]6O[C@H](CO)[C@@H](O)[C@H](O)[C@H]6O)c(O)cc(O)c5c(=O)c4O)cc(O)c2O3)oc2c(O[C@@H]3O[C@H](CO)[C@@H](O)[C@H](O)[C@H]3O)c(O)cc(O)c12. The Morgan fingerprint density at radius 1 is 0.507 bits per heavy atom. The average molecular weight is 1020 g/mol. The number of ether oxygens (including phenoxy) is 5. The lowest BCUT2D eigenvalue weighted by Gasteiger charge is -2.39. The summed E-state index contributed by atoms with van der Waals surface area (Å²) in [6, 6.07) is 8.53. The van der Waals surface area contributed by atoms with Crippen LogP contribution in [-0.4, -0.2) is 156 Å². The number of hydrogen-bond acceptors (Lipinski definition) is 26. The van der Waals surface area contributed by atoms with Crippen LogP contribution in [0.15, 0.2) is 77.6 Å². The number of hydrogen-bond donors (Lipinski definition) is 16. The standard InChI is InChI=1S/C47H40O26/c48-10-23-28(56)32(60)36(64)46(67-23)72-42-20(54)8-16(50)26-30(58)34(62)38(69-44(26)42)12-4-14-25(22-2-1-3-66-22)15-5-13(7-19(53)41(15)71-40(14)18(52)6-12)39-35(63)31(59)27-17(51)9-21(55)43(45(27)70-39)73-47-37(65)33(61)29(57)24(11-49)68-47/h1-9,23-25,28-29,32-33,36-37,46-57,60-65H,10-11H2/t23-,24-,28-,29-,32+,33+,36-,37-,46+,47+/m1/s1. The van der Waals surface area contributed by atoms with E-state index in [4.69, 9.17) is 36.9 Å². The summed E-state index contributed by atoms with van der Waals surface area (Å²) in [4.78, 5) is 27.7. The van der Waals surface area contributed by atoms with Crippen LogP contribution >= 0.6 is 0 Å². The van der Waals surface area contributed by atoms with Crippen LogP contribution in [-0.2, 0) is 9.47 Å². The van der Waals surface area contributed by atoms with Crippen molar-refractivity contribution in [2.45, 2.75) is 67.3 Å². The van der Waals surface area contributed by atoms with E-state index >= 15 is 0 Å². The van der Waals surface area contributed by atoms with Crippen LogP contribution in [0.1, 0.15) is 22.8 Å². The predicted octanol–water partition coefficient (Wildman–Crippen LogP) is 0.115. The van der Waals surface area contributed by atoms with E-state index in [1.54, 1.807) is 0 Å². The fourth-order valence-electron chi connectivity index (χ4n) is 9.00. The van der Waals surface area contributed by atoms with E-state index in [1.165, 1.54) is 30.5 Å². The third kappa shape index (κ3) is 7.67. The van der Waals surface area contributed by atoms with Crippen LogP contribution in [0, 0.1) is 0 Å². The first-order valence-electron chi connectivity index (χ1n) is 21.6. The molecule has 7 aromatic rings. The summed E-state index contributed by atoms with van der Waals surface area (Å²) in [5.74, 6) is -12.6. The summed E-state index contributed by atoms with van der Waals surface area (Å²) in [7, 11) is 0. The summed E-state index contributed by atoms with van der Waals surface area (Å²) < 4.78 is 45.8. The van der Waals surface area contributed by atoms with Crippen molar-refractivity contribution in [1.29, 1.82) is 0 Å². The highest BCUT2D eigenvalue weighted by Gasteiger charge is 2.47. The largest absolute Gasteiger partial charge is 0.507 e. The van der Waals surface area contributed by atoms with Crippen LogP contribution in [0.25, 0.3) is 44.6 Å². The van der Waals surface area contributed by atoms with Crippen molar-refractivity contribution in [2.24, 2.45) is 0 Å². The highest BCUT2D eigenvalue weighted by atomic mass is 16.7. The summed E-state index contributed by atoms with van der Waals surface area (Å²) in [5.41, 5.74) is -4.98. The molecular formula is C47H40O26. The van der Waals surface area contributed by atoms with Crippen molar-refractivity contribution in [2.75, 3.05) is 13.2 Å². The summed E-state index contributed by atoms with van der Waals surface area (Å²) in [5, 5.41) is 170. The molecule has 4 aromatic carbocycles. The molecule has 3 aliphatic heterocycles. The second-order valence-electron chi connectivity index (χ2n) is 17.1. The van der Waals surface area contributed by atoms with Crippen molar-refractivity contribution < 1.29 is 119 Å². The van der Waals surface area contributed by atoms with E-state index in [9.17, 15) is 91.3 Å². The highest BCUT2D eigenvalue weighted by Crippen LogP contribution is 2.57. The minimum Gasteiger partial charge on any atom is -0.507 e. The van der Waals surface area contributed by atoms with Gasteiger partial charge in [0.05, 0.1) is 25.4 Å². The van der Waals surface area contributed by atoms with Crippen molar-refractivity contribution in [3.63, 3.8) is 0 Å². The fourth-order valence-corrected chi connectivity index (χ4v) is 9.00. The number of phenols is 6. The topological polar surface area (TPSA) is 443 Å². The Morgan fingerprint density at radius 3 is 1.32 bits per heavy atom. The number of rotatable bonds is 9. The van der Waals surface area contributed by atoms with Gasteiger partial charge in [-0.2, -0.15) is 0 Å². The molecule has 2 saturated heterocycles. The molecule has 73 heavy (non-hydrogen) atoms. The maximum atomic E-state index is 13.9. The zero-order valence-electron chi connectivity index (χ0n) is 36.7. The molecule has 26 nitrogen and oxygen atoms in total. The molecule has 10 rings (SSSR count). The van der Waals surface area contributed by atoms with Gasteiger partial charge >= 0.3 is 0 Å². The van der Waals surface area contributed by atoms with Gasteiger partial charge in [-0.1, -0.05) is 0 Å². The molecule has 3 aromatic heterocycles. The van der Waals surface area contributed by atoms with Crippen LogP contribution in [0.5, 0.6) is 69.0 Å². The lowest BCUT2D eigenvalue weighted by Crippen LogP contribution is -2.60. The van der Waals surface area contributed by atoms with Gasteiger partial charge in [0.1, 0.15) is 76.9 Å². The quantitative estimate of drug-likeness (QED) is 0.0912. The highest BCUT2D eigenvalue weighted by molar-refractivity contribution is 5.95. The minimum atomic E-state index is -2.04. The van der Waals surface area contributed by atoms with E-state index < -0.39 is 182 Å². The Hall–Kier alpha value is -8.02. The first kappa shape index (κ1) is 48.6. The molecule has 0 saturated carbocycles. The molecule has 3 aliphatic rings. The lowest BCUT2D eigenvalue weighted by molar-refractivity contribution is -0.277. The zero-order chi connectivity index (χ0) is 52.2. The van der Waals surface area contributed by atoms with E-state index in [2.05, 4.69) is 0 Å². The lowest BCUT2D eigenvalue weighted by atomic mass is 9.83. The Balaban J connectivity index is 1.11. The maximum absolute atomic E-state index is 13.9. The number of aliphatic hydroxyl groups is 8. The molecule has 384 valence electrons. The van der Waals surface area contributed by atoms with E-state index in [-0.39, 0.29) is 39.5 Å². The first-order valence-corrected chi connectivity index (χ1v) is 21.6. The van der Waals surface area contributed by atoms with Crippen LogP contribution < -0.4 is 25.1 Å². The third-order valence-corrected chi connectivity index (χ3v) is 12.7. The number of aromatic hydroxyl groups is 8. The van der Waals surface area contributed by atoms with Gasteiger partial charge in [-0.3, -0.25) is 9.59 Å². The molecule has 2 fully saturated rings. The number of aliphatic hydroxyl groups excluding tert-OH is 8. The van der Waals surface area contributed by atoms with Gasteiger partial charge in [-0.05, 0) is 36.4 Å². The normalized spacial score (nSPS) is 25.0. The average Bonchev–Trinajstić information content (AvgIpc) is 3.89. The predicted molar refractivity (Wildman–Crippen MR) is 238 cm³/mol. The van der Waals surface area contributed by atoms with Crippen LogP contribution in [0.2, 0.25) is 0 Å². The maximum Gasteiger partial charge on any atom is 0.238 e. The van der Waals surface area contributed by atoms with Crippen molar-refractivity contribution in [3.05, 3.63) is 92.1 Å². The molecule has 0 aliphatic carbocycles. The minimum absolute atomic E-state index is 0.0538. The van der Waals surface area contributed by atoms with Crippen molar-refractivity contribution in [3.8, 4) is 91.6 Å². The van der Waals surface area contributed by atoms with Gasteiger partial charge in [0, 0.05) is 34.4 Å². The van der Waals surface area contributed by atoms with Gasteiger partial charge in [0.15, 0.2) is 57.2 Å². The van der Waals surface area contributed by atoms with Gasteiger partial charge < -0.3 is 119 Å². The van der Waals surface area contributed by atoms with Gasteiger partial charge in [-0.25, -0.2) is 0 Å². The number of phenolic OH excluding ortho intramolecular Hbond substituents is 6. The van der Waals surface area contributed by atoms with E-state index in [0.29, 0.717) is 12.1 Å². The molecule has 0 radical (unpaired) electrons. The van der Waals surface area contributed by atoms with E-state index in [0.717, 1.165) is 12.1 Å². The van der Waals surface area contributed by atoms with Crippen molar-refractivity contribution in [1.82, 2.24) is 0 Å². The summed E-state index contributed by atoms with van der Waals surface area (Å²) in [6.07, 6.45) is -17.3. The smallest absolute Gasteiger partial charge is 0.238 e. The van der Waals surface area contributed by atoms with Gasteiger partial charge in [0.2, 0.25) is 46.4 Å². The second kappa shape index (κ2) is 17.9. The number of benzene rings is 4. The molecule has 16 N–H and O–H groups in total. The molecule has 0 amide bonds. The van der Waals surface area contributed by atoms with Crippen molar-refractivity contribution >= 4 is 21.9 Å². The molecule has 0 unspecified atom stereocenters. The Bertz CT molecular complexity index is 3240. The molecule has 6 heterocycles. The van der Waals surface area contributed by atoms with Gasteiger partial charge in [-0.15, -0.1) is 0 Å². The second-order valence-corrected chi connectivity index (χ2v) is 17.1.